The van der Waals surface area contributed by atoms with Gasteiger partial charge in [0.2, 0.25) is 0 Å². The monoisotopic (exact) mass is 226 g/mol. The fourth-order valence-corrected chi connectivity index (χ4v) is 1.63. The van der Waals surface area contributed by atoms with E-state index in [1.165, 1.54) is 19.3 Å². The van der Waals surface area contributed by atoms with Crippen molar-refractivity contribution in [2.45, 2.75) is 58.0 Å². The number of carbonyl (C=O) groups is 1. The molecule has 1 rings (SSSR count). The number of hydrogen-bond donors (Lipinski definition) is 0. The van der Waals surface area contributed by atoms with Crippen LogP contribution in [0.2, 0.25) is 0 Å². The quantitative estimate of drug-likeness (QED) is 0.546. The Morgan fingerprint density at radius 1 is 1.31 bits per heavy atom. The molecule has 0 aliphatic heterocycles. The van der Waals surface area contributed by atoms with Crippen LogP contribution in [0, 0.1) is 0 Å². The minimum absolute atomic E-state index is 0. The molecule has 0 aromatic rings. The zero-order valence-corrected chi connectivity index (χ0v) is 9.30. The Hall–Kier alpha value is -0.0105. The van der Waals surface area contributed by atoms with Crippen LogP contribution in [0.4, 0.5) is 0 Å². The Morgan fingerprint density at radius 3 is 2.46 bits per heavy atom. The van der Waals surface area contributed by atoms with Crippen LogP contribution < -0.4 is 0 Å². The summed E-state index contributed by atoms with van der Waals surface area (Å²) in [6.07, 6.45) is 7.63. The summed E-state index contributed by atoms with van der Waals surface area (Å²) in [4.78, 5) is 11.1. The van der Waals surface area contributed by atoms with E-state index in [0.29, 0.717) is 6.42 Å². The molecule has 0 unspecified atom stereocenters. The molecule has 78 valence electrons. The third kappa shape index (κ3) is 5.32. The van der Waals surface area contributed by atoms with Crippen LogP contribution in [0.3, 0.4) is 0 Å². The number of rotatable bonds is 3. The van der Waals surface area contributed by atoms with Gasteiger partial charge in [0.1, 0.15) is 6.10 Å². The summed E-state index contributed by atoms with van der Waals surface area (Å²) in [5.74, 6) is -0.00981. The van der Waals surface area contributed by atoms with Crippen molar-refractivity contribution in [3.63, 3.8) is 0 Å². The maximum Gasteiger partial charge on any atom is 0.306 e. The van der Waals surface area contributed by atoms with E-state index in [-0.39, 0.29) is 29.1 Å². The first-order valence-electron chi connectivity index (χ1n) is 5.02. The predicted octanol–water partition coefficient (Wildman–Crippen LogP) is 2.66. The summed E-state index contributed by atoms with van der Waals surface area (Å²) in [5, 5.41) is 0. The Labute approximate surface area is 90.9 Å². The summed E-state index contributed by atoms with van der Waals surface area (Å²) in [7, 11) is 0. The minimum Gasteiger partial charge on any atom is -0.462 e. The Kier molecular flexibility index (Phi) is 7.39. The van der Waals surface area contributed by atoms with Gasteiger partial charge in [-0.15, -0.1) is 0 Å². The van der Waals surface area contributed by atoms with Gasteiger partial charge in [-0.25, -0.2) is 0 Å². The van der Waals surface area contributed by atoms with Crippen LogP contribution in [-0.2, 0) is 26.6 Å². The van der Waals surface area contributed by atoms with E-state index in [1.54, 1.807) is 0 Å². The fraction of sp³-hybridized carbons (Fsp3) is 0.900. The van der Waals surface area contributed by atoms with Crippen molar-refractivity contribution in [2.24, 2.45) is 0 Å². The Balaban J connectivity index is 0.00000144. The maximum absolute atomic E-state index is 11.1. The Bertz CT molecular complexity index is 142. The van der Waals surface area contributed by atoms with Crippen LogP contribution in [0.1, 0.15) is 51.9 Å². The van der Waals surface area contributed by atoms with Crippen molar-refractivity contribution < 1.29 is 26.6 Å². The number of ether oxygens (including phenoxy) is 1. The normalized spacial score (nSPS) is 17.6. The molecule has 13 heavy (non-hydrogen) atoms. The summed E-state index contributed by atoms with van der Waals surface area (Å²) >= 11 is 0. The van der Waals surface area contributed by atoms with E-state index in [4.69, 9.17) is 4.74 Å². The number of carbonyl (C=O) groups excluding carboxylic acids is 1. The molecule has 0 heterocycles. The molecular formula is C10H18FeO2. The third-order valence-electron chi connectivity index (χ3n) is 2.30. The molecule has 0 aromatic heterocycles. The molecule has 0 spiro atoms. The maximum atomic E-state index is 11.1. The molecule has 1 fully saturated rings. The summed E-state index contributed by atoms with van der Waals surface area (Å²) < 4.78 is 5.29. The van der Waals surface area contributed by atoms with Gasteiger partial charge in [-0.2, -0.15) is 0 Å². The molecule has 2 nitrogen and oxygen atoms in total. The first-order chi connectivity index (χ1) is 5.83. The topological polar surface area (TPSA) is 26.3 Å². The van der Waals surface area contributed by atoms with Crippen molar-refractivity contribution in [2.75, 3.05) is 0 Å². The summed E-state index contributed by atoms with van der Waals surface area (Å²) in [6, 6.07) is 0. The summed E-state index contributed by atoms with van der Waals surface area (Å²) in [5.41, 5.74) is 0. The van der Waals surface area contributed by atoms with Gasteiger partial charge in [0, 0.05) is 23.5 Å². The smallest absolute Gasteiger partial charge is 0.306 e. The van der Waals surface area contributed by atoms with Crippen molar-refractivity contribution in [1.82, 2.24) is 0 Å². The van der Waals surface area contributed by atoms with Gasteiger partial charge in [-0.3, -0.25) is 4.79 Å². The average molecular weight is 226 g/mol. The second-order valence-corrected chi connectivity index (χ2v) is 3.50. The molecule has 1 saturated carbocycles. The van der Waals surface area contributed by atoms with Crippen molar-refractivity contribution in [3.8, 4) is 0 Å². The van der Waals surface area contributed by atoms with E-state index in [2.05, 4.69) is 0 Å². The molecule has 3 heteroatoms. The Morgan fingerprint density at radius 2 is 1.92 bits per heavy atom. The van der Waals surface area contributed by atoms with E-state index in [9.17, 15) is 4.79 Å². The molecule has 0 saturated heterocycles. The molecule has 1 aliphatic carbocycles. The SMILES string of the molecule is CCCC(=O)OC1CCCCC1.[Fe]. The second kappa shape index (κ2) is 7.40. The standard InChI is InChI=1S/C10H18O2.Fe/c1-2-6-10(11)12-9-7-4-3-5-8-9;/h9H,2-8H2,1H3;. The fourth-order valence-electron chi connectivity index (χ4n) is 1.63. The van der Waals surface area contributed by atoms with Gasteiger partial charge >= 0.3 is 5.97 Å². The van der Waals surface area contributed by atoms with Crippen LogP contribution in [0.15, 0.2) is 0 Å². The van der Waals surface area contributed by atoms with Gasteiger partial charge in [-0.05, 0) is 32.1 Å². The van der Waals surface area contributed by atoms with Crippen molar-refractivity contribution in [1.29, 1.82) is 0 Å². The predicted molar refractivity (Wildman–Crippen MR) is 47.9 cm³/mol. The number of esters is 1. The van der Waals surface area contributed by atoms with E-state index >= 15 is 0 Å². The van der Waals surface area contributed by atoms with Gasteiger partial charge in [-0.1, -0.05) is 13.3 Å². The van der Waals surface area contributed by atoms with Crippen LogP contribution in [0.25, 0.3) is 0 Å². The molecule has 0 radical (unpaired) electrons. The van der Waals surface area contributed by atoms with Crippen LogP contribution in [0.5, 0.6) is 0 Å². The van der Waals surface area contributed by atoms with E-state index in [0.717, 1.165) is 19.3 Å². The van der Waals surface area contributed by atoms with Crippen molar-refractivity contribution in [3.05, 3.63) is 0 Å². The zero-order valence-electron chi connectivity index (χ0n) is 8.20. The van der Waals surface area contributed by atoms with Gasteiger partial charge in [0.15, 0.2) is 0 Å². The molecule has 0 bridgehead atoms. The largest absolute Gasteiger partial charge is 0.462 e. The first kappa shape index (κ1) is 13.0. The second-order valence-electron chi connectivity index (χ2n) is 3.50. The number of hydrogen-bond acceptors (Lipinski definition) is 2. The minimum atomic E-state index is -0.00981. The van der Waals surface area contributed by atoms with E-state index in [1.807, 2.05) is 6.92 Å². The van der Waals surface area contributed by atoms with Crippen molar-refractivity contribution >= 4 is 5.97 Å². The zero-order chi connectivity index (χ0) is 8.81. The third-order valence-corrected chi connectivity index (χ3v) is 2.30. The van der Waals surface area contributed by atoms with Gasteiger partial charge in [0.25, 0.3) is 0 Å². The average Bonchev–Trinajstić information content (AvgIpc) is 2.06. The van der Waals surface area contributed by atoms with Crippen LogP contribution in [-0.4, -0.2) is 12.1 Å². The molecule has 0 aromatic carbocycles. The molecular weight excluding hydrogens is 208 g/mol. The molecule has 0 N–H and O–H groups in total. The molecule has 1 aliphatic rings. The van der Waals surface area contributed by atoms with E-state index < -0.39 is 0 Å². The summed E-state index contributed by atoms with van der Waals surface area (Å²) in [6.45, 7) is 2.00. The van der Waals surface area contributed by atoms with Gasteiger partial charge in [0.05, 0.1) is 0 Å². The van der Waals surface area contributed by atoms with Gasteiger partial charge < -0.3 is 4.74 Å². The van der Waals surface area contributed by atoms with Crippen LogP contribution >= 0.6 is 0 Å². The molecule has 0 amide bonds. The first-order valence-corrected chi connectivity index (χ1v) is 5.02. The molecule has 0 atom stereocenters.